The van der Waals surface area contributed by atoms with E-state index in [9.17, 15) is 14.4 Å². The summed E-state index contributed by atoms with van der Waals surface area (Å²) in [7, 11) is 0. The molecular formula is C20H31N3O4. The van der Waals surface area contributed by atoms with Gasteiger partial charge >= 0.3 is 6.09 Å². The first kappa shape index (κ1) is 22.5. The summed E-state index contributed by atoms with van der Waals surface area (Å²) in [4.78, 5) is 36.4. The molecule has 7 heteroatoms. The van der Waals surface area contributed by atoms with E-state index in [4.69, 9.17) is 10.5 Å². The molecule has 0 aliphatic rings. The number of carbonyl (C=O) groups is 3. The molecule has 7 nitrogen and oxygen atoms in total. The fraction of sp³-hybridized carbons (Fsp3) is 0.550. The number of nitrogens with two attached hydrogens (primary N) is 1. The van der Waals surface area contributed by atoms with Crippen LogP contribution in [0.15, 0.2) is 30.3 Å². The van der Waals surface area contributed by atoms with E-state index in [1.54, 1.807) is 0 Å². The number of hydrogen-bond acceptors (Lipinski definition) is 4. The Morgan fingerprint density at radius 3 is 2.22 bits per heavy atom. The van der Waals surface area contributed by atoms with E-state index in [1.165, 1.54) is 0 Å². The highest BCUT2D eigenvalue weighted by molar-refractivity contribution is 5.90. The smallest absolute Gasteiger partial charge is 0.408 e. The maximum absolute atomic E-state index is 12.6. The zero-order valence-electron chi connectivity index (χ0n) is 16.5. The van der Waals surface area contributed by atoms with Gasteiger partial charge in [0, 0.05) is 0 Å². The van der Waals surface area contributed by atoms with Crippen LogP contribution in [0, 0.1) is 11.8 Å². The predicted molar refractivity (Wildman–Crippen MR) is 104 cm³/mol. The Morgan fingerprint density at radius 1 is 1.07 bits per heavy atom. The normalized spacial score (nSPS) is 14.1. The topological polar surface area (TPSA) is 111 Å². The summed E-state index contributed by atoms with van der Waals surface area (Å²) in [5.41, 5.74) is 6.26. The molecule has 4 N–H and O–H groups in total. The molecule has 0 unspecified atom stereocenters. The molecule has 27 heavy (non-hydrogen) atoms. The molecule has 1 rings (SSSR count). The van der Waals surface area contributed by atoms with Gasteiger partial charge in [0.2, 0.25) is 11.8 Å². The van der Waals surface area contributed by atoms with Crippen molar-refractivity contribution in [3.05, 3.63) is 35.9 Å². The van der Waals surface area contributed by atoms with Crippen LogP contribution in [-0.4, -0.2) is 30.0 Å². The van der Waals surface area contributed by atoms with Gasteiger partial charge in [0.15, 0.2) is 0 Å². The molecule has 1 aromatic rings. The zero-order valence-corrected chi connectivity index (χ0v) is 16.5. The SMILES string of the molecule is CC[C@@H](C)[C@H](NC(=O)[C@@H](CC(C)C)NC(=O)OCc1ccccc1)C(N)=O. The largest absolute Gasteiger partial charge is 0.445 e. The lowest BCUT2D eigenvalue weighted by molar-refractivity contribution is -0.129. The molecule has 0 aromatic heterocycles. The molecular weight excluding hydrogens is 346 g/mol. The van der Waals surface area contributed by atoms with Crippen LogP contribution in [0.5, 0.6) is 0 Å². The molecule has 0 saturated heterocycles. The molecule has 3 amide bonds. The standard InChI is InChI=1S/C20H31N3O4/c1-5-14(4)17(18(21)24)23-19(25)16(11-13(2)3)22-20(26)27-12-15-9-7-6-8-10-15/h6-10,13-14,16-17H,5,11-12H2,1-4H3,(H2,21,24)(H,22,26)(H,23,25)/t14-,16-,17+/m1/s1. The second-order valence-corrected chi connectivity index (χ2v) is 7.16. The van der Waals surface area contributed by atoms with Crippen molar-refractivity contribution in [1.29, 1.82) is 0 Å². The first-order chi connectivity index (χ1) is 12.7. The molecule has 0 aliphatic heterocycles. The van der Waals surface area contributed by atoms with Gasteiger partial charge in [-0.2, -0.15) is 0 Å². The van der Waals surface area contributed by atoms with Crippen molar-refractivity contribution in [2.75, 3.05) is 0 Å². The average Bonchev–Trinajstić information content (AvgIpc) is 2.63. The number of alkyl carbamates (subject to hydrolysis) is 1. The van der Waals surface area contributed by atoms with Crippen LogP contribution in [0.25, 0.3) is 0 Å². The molecule has 0 fully saturated rings. The van der Waals surface area contributed by atoms with Crippen LogP contribution in [-0.2, 0) is 20.9 Å². The van der Waals surface area contributed by atoms with Crippen LogP contribution in [0.4, 0.5) is 4.79 Å². The fourth-order valence-corrected chi connectivity index (χ4v) is 2.59. The van der Waals surface area contributed by atoms with E-state index in [0.717, 1.165) is 5.56 Å². The Morgan fingerprint density at radius 2 is 1.70 bits per heavy atom. The molecule has 0 spiro atoms. The number of amides is 3. The summed E-state index contributed by atoms with van der Waals surface area (Å²) in [6.45, 7) is 7.75. The third-order valence-corrected chi connectivity index (χ3v) is 4.35. The van der Waals surface area contributed by atoms with Crippen LogP contribution >= 0.6 is 0 Å². The molecule has 0 aliphatic carbocycles. The molecule has 0 saturated carbocycles. The second kappa shape index (κ2) is 11.2. The van der Waals surface area contributed by atoms with Crippen molar-refractivity contribution in [3.63, 3.8) is 0 Å². The van der Waals surface area contributed by atoms with Gasteiger partial charge in [-0.1, -0.05) is 64.4 Å². The highest BCUT2D eigenvalue weighted by atomic mass is 16.5. The number of hydrogen-bond donors (Lipinski definition) is 3. The third-order valence-electron chi connectivity index (χ3n) is 4.35. The van der Waals surface area contributed by atoms with Gasteiger partial charge < -0.3 is 21.1 Å². The highest BCUT2D eigenvalue weighted by Crippen LogP contribution is 2.10. The van der Waals surface area contributed by atoms with E-state index >= 15 is 0 Å². The fourth-order valence-electron chi connectivity index (χ4n) is 2.59. The Labute approximate surface area is 161 Å². The molecule has 0 radical (unpaired) electrons. The summed E-state index contributed by atoms with van der Waals surface area (Å²) in [6.07, 6.45) is 0.423. The summed E-state index contributed by atoms with van der Waals surface area (Å²) in [5.74, 6) is -0.973. The number of rotatable bonds is 10. The summed E-state index contributed by atoms with van der Waals surface area (Å²) in [6, 6.07) is 7.68. The van der Waals surface area contributed by atoms with Crippen molar-refractivity contribution in [3.8, 4) is 0 Å². The summed E-state index contributed by atoms with van der Waals surface area (Å²) >= 11 is 0. The number of carbonyl (C=O) groups excluding carboxylic acids is 3. The lowest BCUT2D eigenvalue weighted by atomic mass is 9.97. The van der Waals surface area contributed by atoms with Crippen LogP contribution < -0.4 is 16.4 Å². The molecule has 0 bridgehead atoms. The van der Waals surface area contributed by atoms with Crippen molar-refractivity contribution < 1.29 is 19.1 Å². The Bertz CT molecular complexity index is 619. The van der Waals surface area contributed by atoms with Crippen molar-refractivity contribution in [2.24, 2.45) is 17.6 Å². The number of primary amides is 1. The summed E-state index contributed by atoms with van der Waals surface area (Å²) in [5, 5.41) is 5.26. The maximum Gasteiger partial charge on any atom is 0.408 e. The van der Waals surface area contributed by atoms with Gasteiger partial charge in [-0.15, -0.1) is 0 Å². The lowest BCUT2D eigenvalue weighted by Gasteiger charge is -2.25. The minimum atomic E-state index is -0.806. The van der Waals surface area contributed by atoms with Gasteiger partial charge in [-0.25, -0.2) is 4.79 Å². The molecule has 0 heterocycles. The van der Waals surface area contributed by atoms with Crippen molar-refractivity contribution in [1.82, 2.24) is 10.6 Å². The van der Waals surface area contributed by atoms with Gasteiger partial charge in [-0.05, 0) is 23.8 Å². The second-order valence-electron chi connectivity index (χ2n) is 7.16. The first-order valence-electron chi connectivity index (χ1n) is 9.31. The maximum atomic E-state index is 12.6. The van der Waals surface area contributed by atoms with E-state index in [1.807, 2.05) is 58.0 Å². The molecule has 3 atom stereocenters. The van der Waals surface area contributed by atoms with E-state index in [-0.39, 0.29) is 18.4 Å². The number of ether oxygens (including phenoxy) is 1. The molecule has 1 aromatic carbocycles. The van der Waals surface area contributed by atoms with E-state index in [0.29, 0.717) is 12.8 Å². The van der Waals surface area contributed by atoms with Crippen molar-refractivity contribution >= 4 is 17.9 Å². The van der Waals surface area contributed by atoms with Crippen LogP contribution in [0.3, 0.4) is 0 Å². The van der Waals surface area contributed by atoms with Gasteiger partial charge in [0.25, 0.3) is 0 Å². The Hall–Kier alpha value is -2.57. The Kier molecular flexibility index (Phi) is 9.33. The lowest BCUT2D eigenvalue weighted by Crippen LogP contribution is -2.55. The summed E-state index contributed by atoms with van der Waals surface area (Å²) < 4.78 is 5.19. The van der Waals surface area contributed by atoms with E-state index < -0.39 is 30.0 Å². The minimum absolute atomic E-state index is 0.101. The monoisotopic (exact) mass is 377 g/mol. The first-order valence-corrected chi connectivity index (χ1v) is 9.31. The average molecular weight is 377 g/mol. The molecule has 150 valence electrons. The highest BCUT2D eigenvalue weighted by Gasteiger charge is 2.29. The van der Waals surface area contributed by atoms with Gasteiger partial charge in [0.1, 0.15) is 18.7 Å². The van der Waals surface area contributed by atoms with Crippen LogP contribution in [0.1, 0.15) is 46.1 Å². The predicted octanol–water partition coefficient (Wildman–Crippen LogP) is 2.34. The number of benzene rings is 1. The third kappa shape index (κ3) is 8.11. The van der Waals surface area contributed by atoms with Crippen molar-refractivity contribution in [2.45, 2.75) is 59.2 Å². The van der Waals surface area contributed by atoms with Gasteiger partial charge in [-0.3, -0.25) is 9.59 Å². The van der Waals surface area contributed by atoms with Gasteiger partial charge in [0.05, 0.1) is 0 Å². The Balaban J connectivity index is 2.71. The minimum Gasteiger partial charge on any atom is -0.445 e. The quantitative estimate of drug-likeness (QED) is 0.581. The van der Waals surface area contributed by atoms with E-state index in [2.05, 4.69) is 10.6 Å². The number of nitrogens with one attached hydrogen (secondary N) is 2. The van der Waals surface area contributed by atoms with Crippen LogP contribution in [0.2, 0.25) is 0 Å². The zero-order chi connectivity index (χ0) is 20.4.